The summed E-state index contributed by atoms with van der Waals surface area (Å²) < 4.78 is 27.4. The van der Waals surface area contributed by atoms with E-state index in [1.165, 1.54) is 15.2 Å². The predicted molar refractivity (Wildman–Crippen MR) is 64.9 cm³/mol. The molecule has 1 saturated carbocycles. The van der Waals surface area contributed by atoms with Crippen molar-refractivity contribution in [2.24, 2.45) is 5.92 Å². The standard InChI is InChI=1S/C10H18N4O2S/c1-3-14-7-9(10(11)12-14)17(15,16)13(2)6-8-4-5-8/h7-8H,3-6H2,1-2H3,(H2,11,12). The Kier molecular flexibility index (Phi) is 3.13. The highest BCUT2D eigenvalue weighted by molar-refractivity contribution is 7.89. The van der Waals surface area contributed by atoms with Gasteiger partial charge in [0, 0.05) is 26.3 Å². The van der Waals surface area contributed by atoms with E-state index >= 15 is 0 Å². The normalized spacial score (nSPS) is 16.6. The summed E-state index contributed by atoms with van der Waals surface area (Å²) in [4.78, 5) is 0.113. The Morgan fingerprint density at radius 1 is 1.59 bits per heavy atom. The zero-order valence-corrected chi connectivity index (χ0v) is 10.9. The topological polar surface area (TPSA) is 81.2 Å². The van der Waals surface area contributed by atoms with E-state index in [9.17, 15) is 8.42 Å². The van der Waals surface area contributed by atoms with E-state index < -0.39 is 10.0 Å². The van der Waals surface area contributed by atoms with Gasteiger partial charge in [-0.1, -0.05) is 0 Å². The van der Waals surface area contributed by atoms with Crippen LogP contribution in [0.1, 0.15) is 19.8 Å². The molecule has 0 aromatic carbocycles. The maximum atomic E-state index is 12.2. The lowest BCUT2D eigenvalue weighted by Gasteiger charge is -2.15. The molecule has 0 saturated heterocycles. The molecule has 1 aromatic rings. The SMILES string of the molecule is CCn1cc(S(=O)(=O)N(C)CC2CC2)c(N)n1. The number of rotatable bonds is 5. The summed E-state index contributed by atoms with van der Waals surface area (Å²) in [6.07, 6.45) is 3.72. The minimum absolute atomic E-state index is 0.0782. The van der Waals surface area contributed by atoms with E-state index in [-0.39, 0.29) is 10.7 Å². The predicted octanol–water partition coefficient (Wildman–Crippen LogP) is 0.516. The number of nitrogens with zero attached hydrogens (tertiary/aromatic N) is 3. The monoisotopic (exact) mass is 258 g/mol. The number of nitrogen functional groups attached to an aromatic ring is 1. The summed E-state index contributed by atoms with van der Waals surface area (Å²) in [5.74, 6) is 0.590. The number of sulfonamides is 1. The molecule has 0 aliphatic heterocycles. The molecule has 1 aliphatic carbocycles. The molecule has 0 atom stereocenters. The molecule has 7 heteroatoms. The van der Waals surface area contributed by atoms with Crippen molar-refractivity contribution in [1.29, 1.82) is 0 Å². The molecular formula is C10H18N4O2S. The Bertz CT molecular complexity index is 504. The van der Waals surface area contributed by atoms with Crippen LogP contribution < -0.4 is 5.73 Å². The second kappa shape index (κ2) is 4.30. The Balaban J connectivity index is 2.25. The highest BCUT2D eigenvalue weighted by Crippen LogP contribution is 2.31. The number of nitrogens with two attached hydrogens (primary N) is 1. The molecule has 2 rings (SSSR count). The van der Waals surface area contributed by atoms with Crippen molar-refractivity contribution < 1.29 is 8.42 Å². The zero-order chi connectivity index (χ0) is 12.6. The van der Waals surface area contributed by atoms with Gasteiger partial charge in [-0.15, -0.1) is 0 Å². The smallest absolute Gasteiger partial charge is 0.248 e. The zero-order valence-electron chi connectivity index (χ0n) is 10.1. The first-order valence-electron chi connectivity index (χ1n) is 5.74. The number of hydrogen-bond donors (Lipinski definition) is 1. The van der Waals surface area contributed by atoms with Gasteiger partial charge in [-0.3, -0.25) is 4.68 Å². The van der Waals surface area contributed by atoms with Gasteiger partial charge in [0.05, 0.1) is 0 Å². The third kappa shape index (κ3) is 2.44. The van der Waals surface area contributed by atoms with Gasteiger partial charge in [0.2, 0.25) is 10.0 Å². The van der Waals surface area contributed by atoms with Gasteiger partial charge < -0.3 is 5.73 Å². The summed E-state index contributed by atoms with van der Waals surface area (Å²) >= 11 is 0. The number of hydrogen-bond acceptors (Lipinski definition) is 4. The third-order valence-corrected chi connectivity index (χ3v) is 4.82. The van der Waals surface area contributed by atoms with Crippen molar-refractivity contribution in [3.63, 3.8) is 0 Å². The largest absolute Gasteiger partial charge is 0.381 e. The van der Waals surface area contributed by atoms with Crippen LogP contribution in [0.3, 0.4) is 0 Å². The molecule has 0 unspecified atom stereocenters. The van der Waals surface area contributed by atoms with Crippen molar-refractivity contribution in [3.8, 4) is 0 Å². The molecule has 0 radical (unpaired) electrons. The van der Waals surface area contributed by atoms with Gasteiger partial charge in [0.25, 0.3) is 0 Å². The average molecular weight is 258 g/mol. The molecule has 1 heterocycles. The lowest BCUT2D eigenvalue weighted by Crippen LogP contribution is -2.29. The lowest BCUT2D eigenvalue weighted by atomic mass is 10.4. The fourth-order valence-corrected chi connectivity index (χ4v) is 3.01. The van der Waals surface area contributed by atoms with Crippen LogP contribution in [0, 0.1) is 5.92 Å². The minimum atomic E-state index is -3.49. The number of aryl methyl sites for hydroxylation is 1. The van der Waals surface area contributed by atoms with Gasteiger partial charge in [0.15, 0.2) is 5.82 Å². The quantitative estimate of drug-likeness (QED) is 0.834. The van der Waals surface area contributed by atoms with Crippen LogP contribution in [-0.4, -0.2) is 36.1 Å². The van der Waals surface area contributed by atoms with Crippen molar-refractivity contribution in [2.75, 3.05) is 19.3 Å². The van der Waals surface area contributed by atoms with Crippen LogP contribution in [0.2, 0.25) is 0 Å². The molecule has 0 bridgehead atoms. The number of aromatic nitrogens is 2. The van der Waals surface area contributed by atoms with Crippen LogP contribution in [0.25, 0.3) is 0 Å². The molecule has 0 amide bonds. The second-order valence-corrected chi connectivity index (χ2v) is 6.48. The average Bonchev–Trinajstić information content (AvgIpc) is 2.99. The van der Waals surface area contributed by atoms with Crippen LogP contribution in [0.5, 0.6) is 0 Å². The molecular weight excluding hydrogens is 240 g/mol. The number of anilines is 1. The Morgan fingerprint density at radius 3 is 2.71 bits per heavy atom. The molecule has 96 valence electrons. The Labute approximate surface area is 101 Å². The van der Waals surface area contributed by atoms with E-state index in [2.05, 4.69) is 5.10 Å². The van der Waals surface area contributed by atoms with Crippen molar-refractivity contribution in [1.82, 2.24) is 14.1 Å². The van der Waals surface area contributed by atoms with Crippen molar-refractivity contribution in [2.45, 2.75) is 31.2 Å². The van der Waals surface area contributed by atoms with Crippen LogP contribution in [0.15, 0.2) is 11.1 Å². The van der Waals surface area contributed by atoms with Crippen LogP contribution >= 0.6 is 0 Å². The lowest BCUT2D eigenvalue weighted by molar-refractivity contribution is 0.453. The molecule has 0 spiro atoms. The van der Waals surface area contributed by atoms with Gasteiger partial charge in [0.1, 0.15) is 4.90 Å². The molecule has 1 aliphatic rings. The van der Waals surface area contributed by atoms with Gasteiger partial charge in [-0.25, -0.2) is 12.7 Å². The van der Waals surface area contributed by atoms with Crippen LogP contribution in [0.4, 0.5) is 5.82 Å². The van der Waals surface area contributed by atoms with E-state index in [1.54, 1.807) is 7.05 Å². The van der Waals surface area contributed by atoms with E-state index in [0.29, 0.717) is 19.0 Å². The molecule has 6 nitrogen and oxygen atoms in total. The molecule has 17 heavy (non-hydrogen) atoms. The van der Waals surface area contributed by atoms with Gasteiger partial charge >= 0.3 is 0 Å². The summed E-state index contributed by atoms with van der Waals surface area (Å²) in [5.41, 5.74) is 5.65. The van der Waals surface area contributed by atoms with Crippen LogP contribution in [-0.2, 0) is 16.6 Å². The summed E-state index contributed by atoms with van der Waals surface area (Å²) in [5, 5.41) is 3.96. The van der Waals surface area contributed by atoms with Gasteiger partial charge in [-0.05, 0) is 25.7 Å². The molecule has 1 fully saturated rings. The van der Waals surface area contributed by atoms with E-state index in [1.807, 2.05) is 6.92 Å². The first-order valence-corrected chi connectivity index (χ1v) is 7.18. The fraction of sp³-hybridized carbons (Fsp3) is 0.700. The summed E-state index contributed by atoms with van der Waals surface area (Å²) in [6, 6.07) is 0. The van der Waals surface area contributed by atoms with E-state index in [4.69, 9.17) is 5.73 Å². The maximum absolute atomic E-state index is 12.2. The minimum Gasteiger partial charge on any atom is -0.381 e. The molecule has 1 aromatic heterocycles. The van der Waals surface area contributed by atoms with E-state index in [0.717, 1.165) is 12.8 Å². The Hall–Kier alpha value is -1.08. The summed E-state index contributed by atoms with van der Waals surface area (Å²) in [6.45, 7) is 3.06. The van der Waals surface area contributed by atoms with Gasteiger partial charge in [-0.2, -0.15) is 5.10 Å². The second-order valence-electron chi connectivity index (χ2n) is 4.46. The third-order valence-electron chi connectivity index (χ3n) is 2.98. The Morgan fingerprint density at radius 2 is 2.24 bits per heavy atom. The first kappa shape index (κ1) is 12.4. The molecule has 2 N–H and O–H groups in total. The first-order chi connectivity index (χ1) is 7.95. The highest BCUT2D eigenvalue weighted by atomic mass is 32.2. The van der Waals surface area contributed by atoms with Crippen molar-refractivity contribution in [3.05, 3.63) is 6.20 Å². The summed E-state index contributed by atoms with van der Waals surface area (Å²) in [7, 11) is -1.90. The fourth-order valence-electron chi connectivity index (χ4n) is 1.71. The highest BCUT2D eigenvalue weighted by Gasteiger charge is 2.31. The van der Waals surface area contributed by atoms with Crippen molar-refractivity contribution >= 4 is 15.8 Å². The maximum Gasteiger partial charge on any atom is 0.248 e.